The zero-order valence-corrected chi connectivity index (χ0v) is 37.3. The molecule has 1 radical (unpaired) electrons. The van der Waals surface area contributed by atoms with Crippen molar-refractivity contribution in [2.75, 3.05) is 0 Å². The first-order valence-electron chi connectivity index (χ1n) is 18.5. The molecule has 0 bridgehead atoms. The number of carbonyl (C=O) groups excluding carboxylic acids is 1. The second-order valence-corrected chi connectivity index (χ2v) is 26.0. The summed E-state index contributed by atoms with van der Waals surface area (Å²) in [5.41, 5.74) is 11.1. The summed E-state index contributed by atoms with van der Waals surface area (Å²) in [5.74, 6) is 7.68. The van der Waals surface area contributed by atoms with Crippen molar-refractivity contribution in [1.29, 1.82) is 0 Å². The van der Waals surface area contributed by atoms with Gasteiger partial charge in [-0.2, -0.15) is 0 Å². The molecular formula is C46H44GeIrN4O4-2. The molecule has 0 aliphatic rings. The Morgan fingerprint density at radius 1 is 0.857 bits per heavy atom. The van der Waals surface area contributed by atoms with Crippen molar-refractivity contribution in [3.05, 3.63) is 138 Å². The van der Waals surface area contributed by atoms with Gasteiger partial charge in [0.15, 0.2) is 0 Å². The van der Waals surface area contributed by atoms with Crippen molar-refractivity contribution in [3.63, 3.8) is 0 Å². The molecule has 287 valence electrons. The van der Waals surface area contributed by atoms with Gasteiger partial charge in [0, 0.05) is 37.4 Å². The number of furan rings is 1. The minimum Gasteiger partial charge on any atom is 0 e. The van der Waals surface area contributed by atoms with Crippen LogP contribution < -0.4 is 4.40 Å². The van der Waals surface area contributed by atoms with E-state index in [0.29, 0.717) is 11.8 Å². The van der Waals surface area contributed by atoms with Crippen molar-refractivity contribution in [1.82, 2.24) is 19.5 Å². The number of rotatable bonds is 7. The van der Waals surface area contributed by atoms with E-state index in [1.807, 2.05) is 48.8 Å². The molecule has 4 aromatic carbocycles. The van der Waals surface area contributed by atoms with Crippen LogP contribution in [0.15, 0.2) is 108 Å². The Bertz CT molecular complexity index is 2630. The number of hydrogen-bond acceptors (Lipinski definition) is 7. The molecule has 0 fully saturated rings. The average Bonchev–Trinajstić information content (AvgIpc) is 3.77. The number of hydrogen-bond donors (Lipinski definition) is 1. The fourth-order valence-corrected chi connectivity index (χ4v) is 9.13. The van der Waals surface area contributed by atoms with Gasteiger partial charge in [-0.1, -0.05) is 75.0 Å². The zero-order chi connectivity index (χ0) is 39.0. The fraction of sp³-hybridized carbons (Fsp3) is 0.217. The van der Waals surface area contributed by atoms with E-state index in [4.69, 9.17) is 14.7 Å². The number of aromatic nitrogens is 4. The number of benzene rings is 4. The van der Waals surface area contributed by atoms with E-state index in [0.717, 1.165) is 61.3 Å². The molecular weight excluding hydrogens is 937 g/mol. The first-order valence-corrected chi connectivity index (χ1v) is 25.9. The minimum absolute atomic E-state index is 0. The van der Waals surface area contributed by atoms with Gasteiger partial charge in [-0.15, -0.1) is 18.2 Å². The smallest absolute Gasteiger partial charge is 0 e. The van der Waals surface area contributed by atoms with Crippen LogP contribution in [-0.2, 0) is 25.0 Å². The van der Waals surface area contributed by atoms with Crippen LogP contribution >= 0.6 is 0 Å². The molecule has 4 aromatic heterocycles. The van der Waals surface area contributed by atoms with E-state index >= 15 is 0 Å². The van der Waals surface area contributed by atoms with Crippen LogP contribution in [0, 0.1) is 19.1 Å². The Morgan fingerprint density at radius 3 is 2.21 bits per heavy atom. The molecule has 0 aliphatic carbocycles. The molecule has 0 unspecified atom stereocenters. The van der Waals surface area contributed by atoms with Crippen LogP contribution in [0.2, 0.25) is 17.3 Å². The van der Waals surface area contributed by atoms with E-state index in [2.05, 4.69) is 120 Å². The number of pyridine rings is 2. The zero-order valence-electron chi connectivity index (χ0n) is 32.8. The van der Waals surface area contributed by atoms with Crippen LogP contribution in [0.1, 0.15) is 66.7 Å². The maximum atomic E-state index is 11.1. The number of nitrogens with zero attached hydrogens (tertiary/aromatic N) is 4. The van der Waals surface area contributed by atoms with E-state index in [1.165, 1.54) is 27.3 Å². The summed E-state index contributed by atoms with van der Waals surface area (Å²) >= 11 is -1.84. The summed E-state index contributed by atoms with van der Waals surface area (Å²) in [6.45, 7) is 11.1. The molecule has 4 heterocycles. The number of para-hydroxylation sites is 2. The average molecular weight is 982 g/mol. The minimum atomic E-state index is -1.84. The summed E-state index contributed by atoms with van der Waals surface area (Å²) in [7, 11) is 0. The maximum Gasteiger partial charge on any atom is 0 e. The van der Waals surface area contributed by atoms with E-state index in [-0.39, 0.29) is 25.7 Å². The van der Waals surface area contributed by atoms with Crippen LogP contribution in [-0.4, -0.2) is 44.0 Å². The number of aryl methyl sites for hydroxylation is 1. The van der Waals surface area contributed by atoms with Crippen molar-refractivity contribution < 1.29 is 39.5 Å². The van der Waals surface area contributed by atoms with Gasteiger partial charge in [-0.05, 0) is 42.0 Å². The van der Waals surface area contributed by atoms with Crippen molar-refractivity contribution >= 4 is 56.6 Å². The monoisotopic (exact) mass is 983 g/mol. The second-order valence-electron chi connectivity index (χ2n) is 15.4. The largest absolute Gasteiger partial charge is 0 e. The Kier molecular flexibility index (Phi) is 12.1. The Labute approximate surface area is 343 Å². The SMILES string of the molecule is Cc1nccc2nc(-c3[c-]ccc4c3oc3ccccc34)n(-c3c(C(C)C)cccc3C(C)C)c12.[CH3][Ge]([CH3])([CH3])[c]1ccc(-c2[c-]cc(C(=O)OO)cc2)nc1.[Ir]. The summed E-state index contributed by atoms with van der Waals surface area (Å²) in [5, 5.41) is 10.5. The number of fused-ring (bicyclic) bond motifs is 4. The Morgan fingerprint density at radius 2 is 1.59 bits per heavy atom. The molecule has 0 saturated carbocycles. The fourth-order valence-electron chi connectivity index (χ4n) is 6.95. The molecule has 1 N–H and O–H groups in total. The molecule has 8 nitrogen and oxygen atoms in total. The third-order valence-corrected chi connectivity index (χ3v) is 14.2. The molecule has 0 saturated heterocycles. The molecule has 0 spiro atoms. The van der Waals surface area contributed by atoms with Crippen LogP contribution in [0.4, 0.5) is 0 Å². The molecule has 8 rings (SSSR count). The summed E-state index contributed by atoms with van der Waals surface area (Å²) in [6.07, 6.45) is 3.76. The van der Waals surface area contributed by atoms with Crippen molar-refractivity contribution in [2.45, 2.75) is 63.7 Å². The number of imidazole rings is 1. The predicted molar refractivity (Wildman–Crippen MR) is 223 cm³/mol. The van der Waals surface area contributed by atoms with Gasteiger partial charge in [0.05, 0.1) is 28.1 Å². The van der Waals surface area contributed by atoms with E-state index in [1.54, 1.807) is 12.1 Å². The summed E-state index contributed by atoms with van der Waals surface area (Å²) in [6, 6.07) is 36.2. The summed E-state index contributed by atoms with van der Waals surface area (Å²) in [4.78, 5) is 29.1. The van der Waals surface area contributed by atoms with Gasteiger partial charge < -0.3 is 8.98 Å². The van der Waals surface area contributed by atoms with Gasteiger partial charge in [-0.3, -0.25) is 9.97 Å². The number of carbonyl (C=O) groups is 1. The van der Waals surface area contributed by atoms with Gasteiger partial charge in [0.25, 0.3) is 0 Å². The second kappa shape index (κ2) is 16.7. The van der Waals surface area contributed by atoms with Gasteiger partial charge in [0.1, 0.15) is 5.58 Å². The molecule has 0 amide bonds. The Balaban J connectivity index is 0.000000217. The van der Waals surface area contributed by atoms with E-state index in [9.17, 15) is 4.79 Å². The summed E-state index contributed by atoms with van der Waals surface area (Å²) < 4.78 is 10.1. The molecule has 0 aliphatic heterocycles. The maximum absolute atomic E-state index is 11.1. The first kappa shape index (κ1) is 40.7. The first-order chi connectivity index (χ1) is 26.4. The van der Waals surface area contributed by atoms with Crippen molar-refractivity contribution in [2.24, 2.45) is 0 Å². The van der Waals surface area contributed by atoms with Crippen LogP contribution in [0.5, 0.6) is 0 Å². The Hall–Kier alpha value is -4.93. The molecule has 10 heteroatoms. The van der Waals surface area contributed by atoms with Crippen LogP contribution in [0.25, 0.3) is 61.3 Å². The standard InChI is InChI=1S/C31H28N3O.C15H16GeNO3.Ir/c1-18(2)21-11-8-12-22(19(3)4)29(21)34-28-20(5)32-17-16-26(28)33-31(34)25-14-9-13-24-23-10-6-7-15-27(23)35-30(24)25;1-16(2,3)13-8-9-14(17-10-13)11-4-6-12(7-5-11)15(18)20-19;/h6-13,15-19H,1-5H3;4,6-10,19H,1-3H3;/q2*-1;. The van der Waals surface area contributed by atoms with Gasteiger partial charge in [-0.25, -0.2) is 0 Å². The third kappa shape index (κ3) is 7.87. The van der Waals surface area contributed by atoms with Gasteiger partial charge in [0.2, 0.25) is 0 Å². The molecule has 56 heavy (non-hydrogen) atoms. The quantitative estimate of drug-likeness (QED) is 0.0734. The molecule has 8 aromatic rings. The predicted octanol–water partition coefficient (Wildman–Crippen LogP) is 11.1. The van der Waals surface area contributed by atoms with Crippen molar-refractivity contribution in [3.8, 4) is 28.3 Å². The third-order valence-electron chi connectivity index (χ3n) is 9.91. The topological polar surface area (TPSA) is 103 Å². The molecule has 0 atom stereocenters. The van der Waals surface area contributed by atoms with Gasteiger partial charge >= 0.3 is 120 Å². The van der Waals surface area contributed by atoms with Crippen LogP contribution in [0.3, 0.4) is 0 Å². The van der Waals surface area contributed by atoms with E-state index < -0.39 is 19.2 Å². The normalized spacial score (nSPS) is 11.6.